The van der Waals surface area contributed by atoms with Gasteiger partial charge in [-0.15, -0.1) is 0 Å². The summed E-state index contributed by atoms with van der Waals surface area (Å²) in [6.07, 6.45) is -0.225. The third-order valence-corrected chi connectivity index (χ3v) is 2.19. The number of nitrogens with two attached hydrogens (primary N) is 1. The first-order valence-electron chi connectivity index (χ1n) is 5.25. The van der Waals surface area contributed by atoms with E-state index in [4.69, 9.17) is 10.5 Å². The lowest BCUT2D eigenvalue weighted by Gasteiger charge is -2.11. The summed E-state index contributed by atoms with van der Waals surface area (Å²) in [5.41, 5.74) is 6.32. The van der Waals surface area contributed by atoms with Crippen LogP contribution in [0.3, 0.4) is 0 Å². The largest absolute Gasteiger partial charge is 0.550 e. The van der Waals surface area contributed by atoms with Crippen LogP contribution in [0.4, 0.5) is 0 Å². The van der Waals surface area contributed by atoms with Crippen LogP contribution in [-0.4, -0.2) is 18.0 Å². The normalized spacial score (nSPS) is 11.8. The predicted molar refractivity (Wildman–Crippen MR) is 58.5 cm³/mol. The van der Waals surface area contributed by atoms with E-state index in [1.807, 2.05) is 30.3 Å². The van der Waals surface area contributed by atoms with Crippen molar-refractivity contribution >= 4 is 11.9 Å². The number of hydrogen-bond acceptors (Lipinski definition) is 5. The molecule has 1 aromatic carbocycles. The van der Waals surface area contributed by atoms with Crippen LogP contribution in [0.15, 0.2) is 30.3 Å². The first-order chi connectivity index (χ1) is 8.09. The Morgan fingerprint density at radius 3 is 2.53 bits per heavy atom. The molecule has 1 aromatic rings. The first kappa shape index (κ1) is 13.2. The van der Waals surface area contributed by atoms with E-state index >= 15 is 0 Å². The molecular weight excluding hydrogens is 222 g/mol. The van der Waals surface area contributed by atoms with Gasteiger partial charge in [0.25, 0.3) is 0 Å². The van der Waals surface area contributed by atoms with E-state index in [0.717, 1.165) is 5.56 Å². The van der Waals surface area contributed by atoms with Gasteiger partial charge >= 0.3 is 5.97 Å². The highest BCUT2D eigenvalue weighted by Gasteiger charge is 2.14. The molecule has 0 fully saturated rings. The van der Waals surface area contributed by atoms with Gasteiger partial charge in [0.05, 0.1) is 0 Å². The van der Waals surface area contributed by atoms with Gasteiger partial charge in [-0.1, -0.05) is 30.3 Å². The fourth-order valence-electron chi connectivity index (χ4n) is 1.23. The molecule has 17 heavy (non-hydrogen) atoms. The lowest BCUT2D eigenvalue weighted by atomic mass is 10.2. The number of esters is 1. The van der Waals surface area contributed by atoms with Crippen molar-refractivity contribution in [3.8, 4) is 0 Å². The third-order valence-electron chi connectivity index (χ3n) is 2.19. The number of carboxylic acid groups (broad SMARTS) is 1. The molecule has 0 bridgehead atoms. The number of aliphatic carboxylic acids is 1. The minimum Gasteiger partial charge on any atom is -0.550 e. The molecule has 1 unspecified atom stereocenters. The van der Waals surface area contributed by atoms with Crippen LogP contribution < -0.4 is 10.8 Å². The van der Waals surface area contributed by atoms with E-state index in [1.54, 1.807) is 0 Å². The molecule has 0 heterocycles. The van der Waals surface area contributed by atoms with Crippen molar-refractivity contribution in [1.82, 2.24) is 0 Å². The molecule has 5 heteroatoms. The molecule has 2 N–H and O–H groups in total. The van der Waals surface area contributed by atoms with Gasteiger partial charge in [-0.2, -0.15) is 0 Å². The quantitative estimate of drug-likeness (QED) is 0.677. The maximum Gasteiger partial charge on any atom is 0.323 e. The van der Waals surface area contributed by atoms with Crippen LogP contribution in [0.5, 0.6) is 0 Å². The Bertz CT molecular complexity index is 377. The lowest BCUT2D eigenvalue weighted by molar-refractivity contribution is -0.305. The SMILES string of the molecule is NC(CCC(=O)[O-])C(=O)OCc1ccccc1. The Morgan fingerprint density at radius 1 is 1.29 bits per heavy atom. The van der Waals surface area contributed by atoms with Crippen LogP contribution in [0, 0.1) is 0 Å². The standard InChI is InChI=1S/C12H15NO4/c13-10(6-7-11(14)15)12(16)17-8-9-4-2-1-3-5-9/h1-5,10H,6-8,13H2,(H,14,15)/p-1. The second-order valence-electron chi connectivity index (χ2n) is 3.61. The summed E-state index contributed by atoms with van der Waals surface area (Å²) < 4.78 is 4.94. The summed E-state index contributed by atoms with van der Waals surface area (Å²) in [6, 6.07) is 8.24. The molecule has 1 rings (SSSR count). The Balaban J connectivity index is 2.32. The average Bonchev–Trinajstić information content (AvgIpc) is 2.34. The summed E-state index contributed by atoms with van der Waals surface area (Å²) >= 11 is 0. The zero-order chi connectivity index (χ0) is 12.7. The molecule has 0 aliphatic carbocycles. The summed E-state index contributed by atoms with van der Waals surface area (Å²) in [5, 5.41) is 10.2. The van der Waals surface area contributed by atoms with E-state index in [0.29, 0.717) is 0 Å². The topological polar surface area (TPSA) is 92.5 Å². The van der Waals surface area contributed by atoms with Gasteiger partial charge in [0.2, 0.25) is 0 Å². The molecule has 0 saturated carbocycles. The Kier molecular flexibility index (Phi) is 5.16. The molecule has 1 atom stereocenters. The minimum absolute atomic E-state index is 0.0238. The van der Waals surface area contributed by atoms with Gasteiger partial charge in [0.1, 0.15) is 12.6 Å². The second kappa shape index (κ2) is 6.65. The van der Waals surface area contributed by atoms with Gasteiger partial charge in [0, 0.05) is 5.97 Å². The highest BCUT2D eigenvalue weighted by atomic mass is 16.5. The summed E-state index contributed by atoms with van der Waals surface area (Å²) in [5.74, 6) is -1.83. The summed E-state index contributed by atoms with van der Waals surface area (Å²) in [4.78, 5) is 21.6. The minimum atomic E-state index is -1.23. The van der Waals surface area contributed by atoms with Gasteiger partial charge in [-0.3, -0.25) is 4.79 Å². The highest BCUT2D eigenvalue weighted by Crippen LogP contribution is 2.03. The molecule has 0 aliphatic rings. The molecule has 0 saturated heterocycles. The second-order valence-corrected chi connectivity index (χ2v) is 3.61. The summed E-state index contributed by atoms with van der Waals surface area (Å²) in [6.45, 7) is 0.138. The number of carboxylic acids is 1. The number of carbonyl (C=O) groups is 2. The highest BCUT2D eigenvalue weighted by molar-refractivity contribution is 5.76. The number of carbonyl (C=O) groups excluding carboxylic acids is 2. The van der Waals surface area contributed by atoms with E-state index < -0.39 is 18.0 Å². The van der Waals surface area contributed by atoms with Crippen LogP contribution in [0.1, 0.15) is 18.4 Å². The molecule has 0 aliphatic heterocycles. The molecule has 0 radical (unpaired) electrons. The fourth-order valence-corrected chi connectivity index (χ4v) is 1.23. The van der Waals surface area contributed by atoms with Crippen molar-refractivity contribution in [1.29, 1.82) is 0 Å². The number of benzene rings is 1. The van der Waals surface area contributed by atoms with Crippen LogP contribution in [0.25, 0.3) is 0 Å². The lowest BCUT2D eigenvalue weighted by Crippen LogP contribution is -2.34. The molecule has 0 amide bonds. The smallest absolute Gasteiger partial charge is 0.323 e. The molecular formula is C12H14NO4-. The van der Waals surface area contributed by atoms with Crippen LogP contribution >= 0.6 is 0 Å². The van der Waals surface area contributed by atoms with Gasteiger partial charge in [-0.05, 0) is 18.4 Å². The number of rotatable bonds is 6. The number of ether oxygens (including phenoxy) is 1. The van der Waals surface area contributed by atoms with Crippen molar-refractivity contribution in [3.63, 3.8) is 0 Å². The maximum atomic E-state index is 11.4. The summed E-state index contributed by atoms with van der Waals surface area (Å²) in [7, 11) is 0. The van der Waals surface area contributed by atoms with E-state index in [2.05, 4.69) is 0 Å². The van der Waals surface area contributed by atoms with Crippen molar-refractivity contribution in [2.24, 2.45) is 5.73 Å². The van der Waals surface area contributed by atoms with Crippen molar-refractivity contribution < 1.29 is 19.4 Å². The van der Waals surface area contributed by atoms with Gasteiger partial charge < -0.3 is 20.4 Å². The monoisotopic (exact) mass is 236 g/mol. The average molecular weight is 236 g/mol. The Morgan fingerprint density at radius 2 is 1.94 bits per heavy atom. The van der Waals surface area contributed by atoms with E-state index in [9.17, 15) is 14.7 Å². The third kappa shape index (κ3) is 5.12. The van der Waals surface area contributed by atoms with Crippen molar-refractivity contribution in [3.05, 3.63) is 35.9 Å². The van der Waals surface area contributed by atoms with E-state index in [-0.39, 0.29) is 19.4 Å². The Hall–Kier alpha value is -1.88. The zero-order valence-corrected chi connectivity index (χ0v) is 9.30. The maximum absolute atomic E-state index is 11.4. The van der Waals surface area contributed by atoms with Crippen LogP contribution in [-0.2, 0) is 20.9 Å². The van der Waals surface area contributed by atoms with Crippen LogP contribution in [0.2, 0.25) is 0 Å². The zero-order valence-electron chi connectivity index (χ0n) is 9.30. The predicted octanol–water partition coefficient (Wildman–Crippen LogP) is -0.413. The molecule has 0 aromatic heterocycles. The molecule has 92 valence electrons. The molecule has 0 spiro atoms. The van der Waals surface area contributed by atoms with Crippen molar-refractivity contribution in [2.75, 3.05) is 0 Å². The van der Waals surface area contributed by atoms with Gasteiger partial charge in [0.15, 0.2) is 0 Å². The number of hydrogen-bond donors (Lipinski definition) is 1. The first-order valence-corrected chi connectivity index (χ1v) is 5.25. The fraction of sp³-hybridized carbons (Fsp3) is 0.333. The Labute approximate surface area is 99.2 Å². The van der Waals surface area contributed by atoms with Crippen molar-refractivity contribution in [2.45, 2.75) is 25.5 Å². The molecule has 5 nitrogen and oxygen atoms in total. The van der Waals surface area contributed by atoms with Gasteiger partial charge in [-0.25, -0.2) is 0 Å². The van der Waals surface area contributed by atoms with E-state index in [1.165, 1.54) is 0 Å².